The number of aliphatic hydroxyl groups is 1. The number of nitrogens with two attached hydrogens (primary N) is 1. The van der Waals surface area contributed by atoms with Gasteiger partial charge in [0, 0.05) is 18.0 Å². The van der Waals surface area contributed by atoms with Crippen LogP contribution in [0, 0.1) is 0 Å². The molecule has 1 amide bonds. The number of carbonyl (C=O) groups excluding carboxylic acids is 1. The van der Waals surface area contributed by atoms with Gasteiger partial charge in [-0.1, -0.05) is 0 Å². The highest BCUT2D eigenvalue weighted by Crippen LogP contribution is 1.92. The zero-order chi connectivity index (χ0) is 10.4. The Labute approximate surface area is 79.7 Å². The first-order chi connectivity index (χ1) is 6.72. The highest BCUT2D eigenvalue weighted by atomic mass is 16.3. The van der Waals surface area contributed by atoms with Crippen molar-refractivity contribution in [2.24, 2.45) is 5.10 Å². The van der Waals surface area contributed by atoms with E-state index >= 15 is 0 Å². The van der Waals surface area contributed by atoms with Crippen molar-refractivity contribution in [1.29, 1.82) is 0 Å². The molecular formula is C7H9N5O2. The molecule has 74 valence electrons. The number of hydrogen-bond donors (Lipinski definition) is 3. The van der Waals surface area contributed by atoms with Crippen molar-refractivity contribution >= 4 is 18.1 Å². The quantitative estimate of drug-likeness (QED) is 0.401. The third-order valence-electron chi connectivity index (χ3n) is 1.24. The molecule has 0 aliphatic carbocycles. The number of rotatable bonds is 3. The van der Waals surface area contributed by atoms with Crippen LogP contribution in [0.1, 0.15) is 5.56 Å². The number of nitrogen functional groups attached to an aromatic ring is 1. The van der Waals surface area contributed by atoms with Crippen LogP contribution in [0.15, 0.2) is 17.5 Å². The maximum absolute atomic E-state index is 10.5. The van der Waals surface area contributed by atoms with E-state index in [4.69, 9.17) is 10.8 Å². The van der Waals surface area contributed by atoms with E-state index in [9.17, 15) is 4.79 Å². The standard InChI is InChI=1S/C7H9N5O2/c8-7-9-1-5(2-10-7)3-11-12-6(14)4-13/h1-3,13H,4H2,(H,12,14)(H2,8,9,10)/b11-3+. The number of hydrogen-bond acceptors (Lipinski definition) is 6. The molecule has 0 saturated heterocycles. The molecule has 7 heteroatoms. The minimum absolute atomic E-state index is 0.168. The van der Waals surface area contributed by atoms with Gasteiger partial charge >= 0.3 is 0 Å². The van der Waals surface area contributed by atoms with Crippen LogP contribution in [-0.2, 0) is 4.79 Å². The summed E-state index contributed by atoms with van der Waals surface area (Å²) < 4.78 is 0. The molecule has 4 N–H and O–H groups in total. The van der Waals surface area contributed by atoms with Gasteiger partial charge in [-0.15, -0.1) is 0 Å². The average molecular weight is 195 g/mol. The van der Waals surface area contributed by atoms with Crippen molar-refractivity contribution in [2.75, 3.05) is 12.3 Å². The summed E-state index contributed by atoms with van der Waals surface area (Å²) in [5.41, 5.74) is 7.94. The Hall–Kier alpha value is -2.02. The summed E-state index contributed by atoms with van der Waals surface area (Å²) in [6.07, 6.45) is 4.25. The lowest BCUT2D eigenvalue weighted by atomic mass is 10.4. The minimum atomic E-state index is -0.602. The number of anilines is 1. The zero-order valence-electron chi connectivity index (χ0n) is 7.21. The Morgan fingerprint density at radius 3 is 2.86 bits per heavy atom. The van der Waals surface area contributed by atoms with Crippen LogP contribution in [0.25, 0.3) is 0 Å². The fourth-order valence-corrected chi connectivity index (χ4v) is 0.629. The predicted octanol–water partition coefficient (Wildman–Crippen LogP) is -1.50. The van der Waals surface area contributed by atoms with Crippen LogP contribution < -0.4 is 11.2 Å². The van der Waals surface area contributed by atoms with Gasteiger partial charge in [-0.05, 0) is 0 Å². The molecule has 0 aliphatic rings. The summed E-state index contributed by atoms with van der Waals surface area (Å²) in [5, 5.41) is 11.9. The first-order valence-corrected chi connectivity index (χ1v) is 3.72. The maximum Gasteiger partial charge on any atom is 0.265 e. The second kappa shape index (κ2) is 4.87. The number of hydrazone groups is 1. The third-order valence-corrected chi connectivity index (χ3v) is 1.24. The summed E-state index contributed by atoms with van der Waals surface area (Å²) in [6, 6.07) is 0. The fraction of sp³-hybridized carbons (Fsp3) is 0.143. The Morgan fingerprint density at radius 1 is 1.64 bits per heavy atom. The monoisotopic (exact) mass is 195 g/mol. The molecule has 1 rings (SSSR count). The van der Waals surface area contributed by atoms with Crippen LogP contribution in [0.2, 0.25) is 0 Å². The van der Waals surface area contributed by atoms with E-state index < -0.39 is 12.5 Å². The normalized spacial score (nSPS) is 10.4. The first kappa shape index (κ1) is 10.1. The maximum atomic E-state index is 10.5. The van der Waals surface area contributed by atoms with Gasteiger partial charge in [-0.3, -0.25) is 4.79 Å². The van der Waals surface area contributed by atoms with Crippen molar-refractivity contribution in [3.63, 3.8) is 0 Å². The number of carbonyl (C=O) groups is 1. The molecule has 0 spiro atoms. The summed E-state index contributed by atoms with van der Waals surface area (Å²) in [6.45, 7) is -0.602. The Balaban J connectivity index is 2.52. The van der Waals surface area contributed by atoms with Crippen molar-refractivity contribution in [3.8, 4) is 0 Å². The molecule has 1 heterocycles. The van der Waals surface area contributed by atoms with Gasteiger partial charge < -0.3 is 10.8 Å². The largest absolute Gasteiger partial charge is 0.386 e. The third kappa shape index (κ3) is 3.15. The SMILES string of the molecule is Nc1ncc(/C=N/NC(=O)CO)cn1. The van der Waals surface area contributed by atoms with Crippen LogP contribution >= 0.6 is 0 Å². The highest BCUT2D eigenvalue weighted by Gasteiger charge is 1.93. The molecule has 0 radical (unpaired) electrons. The molecule has 0 fully saturated rings. The second-order valence-electron chi connectivity index (χ2n) is 2.33. The topological polar surface area (TPSA) is 113 Å². The molecule has 7 nitrogen and oxygen atoms in total. The van der Waals surface area contributed by atoms with Gasteiger partial charge in [0.05, 0.1) is 6.21 Å². The average Bonchev–Trinajstić information content (AvgIpc) is 2.21. The van der Waals surface area contributed by atoms with Gasteiger partial charge in [0.2, 0.25) is 5.95 Å². The number of aliphatic hydroxyl groups excluding tert-OH is 1. The molecule has 1 aromatic heterocycles. The molecule has 14 heavy (non-hydrogen) atoms. The van der Waals surface area contributed by atoms with Crippen molar-refractivity contribution in [3.05, 3.63) is 18.0 Å². The number of aromatic nitrogens is 2. The molecule has 0 aliphatic heterocycles. The fourth-order valence-electron chi connectivity index (χ4n) is 0.629. The lowest BCUT2D eigenvalue weighted by Gasteiger charge is -1.94. The van der Waals surface area contributed by atoms with E-state index in [0.29, 0.717) is 5.56 Å². The van der Waals surface area contributed by atoms with E-state index in [1.807, 2.05) is 0 Å². The summed E-state index contributed by atoms with van der Waals surface area (Å²) in [4.78, 5) is 18.0. The molecule has 0 aromatic carbocycles. The number of amides is 1. The number of nitrogens with zero attached hydrogens (tertiary/aromatic N) is 3. The number of nitrogens with one attached hydrogen (secondary N) is 1. The summed E-state index contributed by atoms with van der Waals surface area (Å²) in [5.74, 6) is -0.417. The summed E-state index contributed by atoms with van der Waals surface area (Å²) >= 11 is 0. The minimum Gasteiger partial charge on any atom is -0.386 e. The molecule has 1 aromatic rings. The van der Waals surface area contributed by atoms with Gasteiger partial charge in [0.25, 0.3) is 5.91 Å². The van der Waals surface area contributed by atoms with Crippen molar-refractivity contribution in [1.82, 2.24) is 15.4 Å². The Bertz CT molecular complexity index is 334. The Morgan fingerprint density at radius 2 is 2.29 bits per heavy atom. The smallest absolute Gasteiger partial charge is 0.265 e. The lowest BCUT2D eigenvalue weighted by molar-refractivity contribution is -0.123. The van der Waals surface area contributed by atoms with Gasteiger partial charge in [-0.25, -0.2) is 15.4 Å². The zero-order valence-corrected chi connectivity index (χ0v) is 7.21. The van der Waals surface area contributed by atoms with E-state index in [0.717, 1.165) is 0 Å². The molecule has 0 unspecified atom stereocenters. The molecular weight excluding hydrogens is 186 g/mol. The van der Waals surface area contributed by atoms with E-state index in [1.165, 1.54) is 18.6 Å². The van der Waals surface area contributed by atoms with Crippen LogP contribution in [-0.4, -0.2) is 33.8 Å². The Kier molecular flexibility index (Phi) is 3.50. The van der Waals surface area contributed by atoms with Gasteiger partial charge in [0.1, 0.15) is 6.61 Å². The second-order valence-corrected chi connectivity index (χ2v) is 2.33. The van der Waals surface area contributed by atoms with E-state index in [-0.39, 0.29) is 5.95 Å². The van der Waals surface area contributed by atoms with Crippen LogP contribution in [0.5, 0.6) is 0 Å². The van der Waals surface area contributed by atoms with Crippen molar-refractivity contribution < 1.29 is 9.90 Å². The first-order valence-electron chi connectivity index (χ1n) is 3.72. The van der Waals surface area contributed by atoms with E-state index in [2.05, 4.69) is 20.5 Å². The lowest BCUT2D eigenvalue weighted by Crippen LogP contribution is -2.20. The van der Waals surface area contributed by atoms with Gasteiger partial charge in [0.15, 0.2) is 0 Å². The van der Waals surface area contributed by atoms with E-state index in [1.54, 1.807) is 0 Å². The summed E-state index contributed by atoms with van der Waals surface area (Å²) in [7, 11) is 0. The molecule has 0 atom stereocenters. The highest BCUT2D eigenvalue weighted by molar-refractivity contribution is 5.82. The predicted molar refractivity (Wildman–Crippen MR) is 49.3 cm³/mol. The van der Waals surface area contributed by atoms with Crippen LogP contribution in [0.3, 0.4) is 0 Å². The van der Waals surface area contributed by atoms with Gasteiger partial charge in [-0.2, -0.15) is 5.10 Å². The molecule has 0 saturated carbocycles. The van der Waals surface area contributed by atoms with Crippen LogP contribution in [0.4, 0.5) is 5.95 Å². The van der Waals surface area contributed by atoms with Crippen molar-refractivity contribution in [2.45, 2.75) is 0 Å². The molecule has 0 bridgehead atoms.